The van der Waals surface area contributed by atoms with Gasteiger partial charge in [0.2, 0.25) is 0 Å². The average molecular weight is 546 g/mol. The topological polar surface area (TPSA) is 113 Å². The number of esters is 1. The van der Waals surface area contributed by atoms with Crippen LogP contribution in [0.25, 0.3) is 0 Å². The molecule has 2 aliphatic heterocycles. The maximum absolute atomic E-state index is 13.4. The van der Waals surface area contributed by atoms with Gasteiger partial charge in [0.25, 0.3) is 0 Å². The monoisotopic (exact) mass is 545 g/mol. The first-order valence-electron chi connectivity index (χ1n) is 13.4. The first-order valence-corrected chi connectivity index (χ1v) is 13.4. The van der Waals surface area contributed by atoms with E-state index >= 15 is 0 Å². The second kappa shape index (κ2) is 12.6. The van der Waals surface area contributed by atoms with Crippen LogP contribution in [-0.4, -0.2) is 97.9 Å². The molecular formula is C28H43N5O6. The molecule has 0 bridgehead atoms. The molecule has 1 saturated heterocycles. The number of ether oxygens (including phenoxy) is 3. The summed E-state index contributed by atoms with van der Waals surface area (Å²) in [5.41, 5.74) is 1.32. The Balaban J connectivity index is 1.98. The lowest BCUT2D eigenvalue weighted by molar-refractivity contribution is -0.139. The number of likely N-dealkylation sites (N-methyl/N-ethyl adjacent to an activating group) is 1. The van der Waals surface area contributed by atoms with Gasteiger partial charge >= 0.3 is 18.0 Å². The number of benzene rings is 1. The summed E-state index contributed by atoms with van der Waals surface area (Å²) in [6.45, 7) is 14.2. The van der Waals surface area contributed by atoms with Crippen molar-refractivity contribution in [1.82, 2.24) is 25.3 Å². The van der Waals surface area contributed by atoms with Crippen molar-refractivity contribution >= 4 is 18.0 Å². The van der Waals surface area contributed by atoms with Crippen LogP contribution in [0.3, 0.4) is 0 Å². The van der Waals surface area contributed by atoms with E-state index < -0.39 is 12.0 Å². The van der Waals surface area contributed by atoms with Crippen LogP contribution in [0.1, 0.15) is 53.1 Å². The Labute approximate surface area is 231 Å². The van der Waals surface area contributed by atoms with Crippen LogP contribution in [0.15, 0.2) is 29.5 Å². The normalized spacial score (nSPS) is 20.5. The SMILES string of the molecule is CCOC(=O)C1=C(CN2CCN(C(=O)NC(C)(C)C)C(C)C2)N(CC)C(=O)NC1c1ccc(OC)c(OC)c1. The van der Waals surface area contributed by atoms with Crippen LogP contribution in [-0.2, 0) is 9.53 Å². The predicted molar refractivity (Wildman–Crippen MR) is 148 cm³/mol. The van der Waals surface area contributed by atoms with Gasteiger partial charge in [-0.05, 0) is 59.2 Å². The van der Waals surface area contributed by atoms with E-state index in [1.807, 2.05) is 39.5 Å². The van der Waals surface area contributed by atoms with Crippen LogP contribution in [0, 0.1) is 0 Å². The molecule has 0 radical (unpaired) electrons. The molecule has 0 spiro atoms. The molecule has 1 fully saturated rings. The number of rotatable bonds is 8. The highest BCUT2D eigenvalue weighted by Gasteiger charge is 2.39. The fraction of sp³-hybridized carbons (Fsp3) is 0.607. The summed E-state index contributed by atoms with van der Waals surface area (Å²) in [4.78, 5) is 45.1. The van der Waals surface area contributed by atoms with Crippen molar-refractivity contribution in [3.8, 4) is 11.5 Å². The smallest absolute Gasteiger partial charge is 0.338 e. The van der Waals surface area contributed by atoms with Gasteiger partial charge in [-0.25, -0.2) is 14.4 Å². The number of amides is 4. The summed E-state index contributed by atoms with van der Waals surface area (Å²) >= 11 is 0. The summed E-state index contributed by atoms with van der Waals surface area (Å²) < 4.78 is 16.3. The number of hydrogen-bond acceptors (Lipinski definition) is 7. The molecule has 2 atom stereocenters. The first-order chi connectivity index (χ1) is 18.4. The summed E-state index contributed by atoms with van der Waals surface area (Å²) in [5.74, 6) is 0.551. The van der Waals surface area contributed by atoms with E-state index in [0.717, 1.165) is 0 Å². The number of nitrogens with one attached hydrogen (secondary N) is 2. The van der Waals surface area contributed by atoms with E-state index in [9.17, 15) is 14.4 Å². The molecule has 2 aliphatic rings. The Morgan fingerprint density at radius 2 is 1.79 bits per heavy atom. The van der Waals surface area contributed by atoms with Crippen LogP contribution in [0.2, 0.25) is 0 Å². The van der Waals surface area contributed by atoms with Gasteiger partial charge in [0.05, 0.1) is 32.4 Å². The Kier molecular flexibility index (Phi) is 9.71. The average Bonchev–Trinajstić information content (AvgIpc) is 2.87. The molecule has 11 heteroatoms. The number of carbonyl (C=O) groups is 3. The largest absolute Gasteiger partial charge is 0.493 e. The first kappa shape index (κ1) is 30.1. The number of urea groups is 2. The molecule has 0 aliphatic carbocycles. The third-order valence-corrected chi connectivity index (χ3v) is 6.82. The fourth-order valence-corrected chi connectivity index (χ4v) is 5.02. The Morgan fingerprint density at radius 1 is 1.10 bits per heavy atom. The van der Waals surface area contributed by atoms with Gasteiger partial charge in [-0.3, -0.25) is 9.80 Å². The fourth-order valence-electron chi connectivity index (χ4n) is 5.02. The zero-order chi connectivity index (χ0) is 28.9. The highest BCUT2D eigenvalue weighted by molar-refractivity contribution is 5.95. The van der Waals surface area contributed by atoms with E-state index in [0.29, 0.717) is 61.1 Å². The Bertz CT molecular complexity index is 1100. The molecule has 1 aromatic rings. The van der Waals surface area contributed by atoms with Crippen molar-refractivity contribution in [2.75, 3.05) is 53.6 Å². The van der Waals surface area contributed by atoms with Crippen molar-refractivity contribution in [3.05, 3.63) is 35.0 Å². The number of hydrogen-bond donors (Lipinski definition) is 2. The Morgan fingerprint density at radius 3 is 2.36 bits per heavy atom. The molecule has 2 heterocycles. The molecule has 0 saturated carbocycles. The van der Waals surface area contributed by atoms with Gasteiger partial charge in [0, 0.05) is 50.0 Å². The van der Waals surface area contributed by atoms with Gasteiger partial charge < -0.3 is 29.7 Å². The van der Waals surface area contributed by atoms with Crippen molar-refractivity contribution in [3.63, 3.8) is 0 Å². The number of carbonyl (C=O) groups excluding carboxylic acids is 3. The van der Waals surface area contributed by atoms with Gasteiger partial charge in [0.15, 0.2) is 11.5 Å². The molecule has 3 rings (SSSR count). The zero-order valence-corrected chi connectivity index (χ0v) is 24.4. The molecule has 11 nitrogen and oxygen atoms in total. The van der Waals surface area contributed by atoms with Crippen molar-refractivity contribution in [1.29, 1.82) is 0 Å². The molecule has 0 aromatic heterocycles. The highest BCUT2D eigenvalue weighted by atomic mass is 16.5. The van der Waals surface area contributed by atoms with Crippen LogP contribution < -0.4 is 20.1 Å². The molecule has 2 N–H and O–H groups in total. The Hall–Kier alpha value is -3.47. The minimum atomic E-state index is -0.731. The third kappa shape index (κ3) is 6.95. The molecule has 4 amide bonds. The van der Waals surface area contributed by atoms with E-state index in [1.54, 1.807) is 37.1 Å². The number of methoxy groups -OCH3 is 2. The molecule has 1 aromatic carbocycles. The summed E-state index contributed by atoms with van der Waals surface area (Å²) in [7, 11) is 3.09. The van der Waals surface area contributed by atoms with E-state index in [1.165, 1.54) is 7.11 Å². The van der Waals surface area contributed by atoms with Crippen LogP contribution in [0.4, 0.5) is 9.59 Å². The van der Waals surface area contributed by atoms with E-state index in [2.05, 4.69) is 15.5 Å². The molecule has 216 valence electrons. The van der Waals surface area contributed by atoms with Gasteiger partial charge in [-0.2, -0.15) is 0 Å². The minimum absolute atomic E-state index is 0.0538. The highest BCUT2D eigenvalue weighted by Crippen LogP contribution is 2.36. The summed E-state index contributed by atoms with van der Waals surface area (Å²) in [5, 5.41) is 6.02. The zero-order valence-electron chi connectivity index (χ0n) is 24.4. The number of piperazine rings is 1. The van der Waals surface area contributed by atoms with E-state index in [-0.39, 0.29) is 30.2 Å². The van der Waals surface area contributed by atoms with Crippen molar-refractivity contribution in [2.24, 2.45) is 0 Å². The minimum Gasteiger partial charge on any atom is -0.493 e. The maximum atomic E-state index is 13.4. The predicted octanol–water partition coefficient (Wildman–Crippen LogP) is 3.12. The molecule has 39 heavy (non-hydrogen) atoms. The van der Waals surface area contributed by atoms with Crippen molar-refractivity contribution < 1.29 is 28.6 Å². The maximum Gasteiger partial charge on any atom is 0.338 e. The van der Waals surface area contributed by atoms with Gasteiger partial charge in [-0.15, -0.1) is 0 Å². The van der Waals surface area contributed by atoms with Gasteiger partial charge in [0.1, 0.15) is 0 Å². The summed E-state index contributed by atoms with van der Waals surface area (Å²) in [6.07, 6.45) is 0. The third-order valence-electron chi connectivity index (χ3n) is 6.82. The van der Waals surface area contributed by atoms with E-state index in [4.69, 9.17) is 14.2 Å². The van der Waals surface area contributed by atoms with Gasteiger partial charge in [-0.1, -0.05) is 6.07 Å². The number of nitrogens with zero attached hydrogens (tertiary/aromatic N) is 3. The standard InChI is InChI=1S/C28H43N5O6/c1-9-32-20(17-31-13-14-33(18(3)16-31)27(36)30-28(4,5)6)23(25(34)39-10-2)24(29-26(32)35)19-11-12-21(37-7)22(15-19)38-8/h11-12,15,18,24H,9-10,13-14,16-17H2,1-8H3,(H,29,35)(H,30,36). The second-order valence-electron chi connectivity index (χ2n) is 10.8. The van der Waals surface area contributed by atoms with Crippen molar-refractivity contribution in [2.45, 2.75) is 59.2 Å². The lowest BCUT2D eigenvalue weighted by Crippen LogP contribution is -2.59. The quantitative estimate of drug-likeness (QED) is 0.483. The lowest BCUT2D eigenvalue weighted by atomic mass is 9.93. The van der Waals surface area contributed by atoms with Crippen LogP contribution in [0.5, 0.6) is 11.5 Å². The molecular weight excluding hydrogens is 502 g/mol. The molecule has 2 unspecified atom stereocenters. The lowest BCUT2D eigenvalue weighted by Gasteiger charge is -2.43. The summed E-state index contributed by atoms with van der Waals surface area (Å²) in [6, 6.07) is 4.14. The van der Waals surface area contributed by atoms with Crippen LogP contribution >= 0.6 is 0 Å². The second-order valence-corrected chi connectivity index (χ2v) is 10.8.